The average molecular weight is 305 g/mol. The van der Waals surface area contributed by atoms with Gasteiger partial charge >= 0.3 is 11.6 Å². The molecule has 0 aliphatic heterocycles. The van der Waals surface area contributed by atoms with Gasteiger partial charge in [-0.05, 0) is 31.5 Å². The van der Waals surface area contributed by atoms with E-state index in [-0.39, 0.29) is 23.3 Å². The summed E-state index contributed by atoms with van der Waals surface area (Å²) in [5.74, 6) is -1.77. The molecule has 1 aromatic heterocycles. The van der Waals surface area contributed by atoms with Gasteiger partial charge in [0.1, 0.15) is 17.4 Å². The summed E-state index contributed by atoms with van der Waals surface area (Å²) in [5, 5.41) is 21.0. The van der Waals surface area contributed by atoms with Gasteiger partial charge < -0.3 is 19.9 Å². The van der Waals surface area contributed by atoms with Gasteiger partial charge in [-0.2, -0.15) is 0 Å². The molecule has 3 N–H and O–H groups in total. The number of rotatable bonds is 4. The van der Waals surface area contributed by atoms with E-state index in [4.69, 9.17) is 9.52 Å². The molecule has 0 saturated carbocycles. The lowest BCUT2D eigenvalue weighted by atomic mass is 10.0. The largest absolute Gasteiger partial charge is 0.508 e. The molecule has 0 saturated heterocycles. The zero-order chi connectivity index (χ0) is 16.4. The molecule has 0 radical (unpaired) electrons. The molecule has 2 aromatic rings. The normalized spacial score (nSPS) is 12.1. The van der Waals surface area contributed by atoms with E-state index in [1.807, 2.05) is 0 Å². The zero-order valence-corrected chi connectivity index (χ0v) is 12.0. The summed E-state index contributed by atoms with van der Waals surface area (Å²) < 4.78 is 5.10. The minimum atomic E-state index is -1.16. The fourth-order valence-electron chi connectivity index (χ4n) is 2.10. The number of carboxylic acid groups (broad SMARTS) is 1. The van der Waals surface area contributed by atoms with Crippen LogP contribution in [0, 0.1) is 6.92 Å². The van der Waals surface area contributed by atoms with E-state index in [1.165, 1.54) is 19.1 Å². The van der Waals surface area contributed by atoms with Crippen LogP contribution in [0.3, 0.4) is 0 Å². The van der Waals surface area contributed by atoms with E-state index in [1.54, 1.807) is 13.0 Å². The minimum Gasteiger partial charge on any atom is -0.508 e. The highest BCUT2D eigenvalue weighted by Gasteiger charge is 2.18. The summed E-state index contributed by atoms with van der Waals surface area (Å²) in [5.41, 5.74) is 0.261. The summed E-state index contributed by atoms with van der Waals surface area (Å²) in [4.78, 5) is 34.5. The smallest absolute Gasteiger partial charge is 0.340 e. The molecule has 116 valence electrons. The van der Waals surface area contributed by atoms with Crippen LogP contribution in [0.15, 0.2) is 27.4 Å². The maximum Gasteiger partial charge on any atom is 0.340 e. The topological polar surface area (TPSA) is 117 Å². The van der Waals surface area contributed by atoms with Crippen LogP contribution < -0.4 is 10.9 Å². The molecule has 0 bridgehead atoms. The van der Waals surface area contributed by atoms with Crippen LogP contribution in [0.25, 0.3) is 11.0 Å². The molecular formula is C15H15NO6. The quantitative estimate of drug-likeness (QED) is 0.724. The molecule has 1 heterocycles. The van der Waals surface area contributed by atoms with Gasteiger partial charge in [-0.3, -0.25) is 9.59 Å². The Hall–Kier alpha value is -2.83. The number of carbonyl (C=O) groups is 2. The predicted octanol–water partition coefficient (Wildman–Crippen LogP) is 0.939. The molecule has 0 aliphatic rings. The van der Waals surface area contributed by atoms with Gasteiger partial charge in [0.2, 0.25) is 5.91 Å². The van der Waals surface area contributed by atoms with Crippen molar-refractivity contribution >= 4 is 22.8 Å². The molecule has 1 amide bonds. The van der Waals surface area contributed by atoms with E-state index in [0.29, 0.717) is 10.9 Å². The first-order valence-electron chi connectivity index (χ1n) is 6.57. The lowest BCUT2D eigenvalue weighted by molar-refractivity contribution is -0.141. The van der Waals surface area contributed by atoms with Gasteiger partial charge in [0.15, 0.2) is 0 Å². The predicted molar refractivity (Wildman–Crippen MR) is 77.8 cm³/mol. The van der Waals surface area contributed by atoms with Crippen molar-refractivity contribution in [2.45, 2.75) is 26.3 Å². The van der Waals surface area contributed by atoms with Crippen molar-refractivity contribution in [1.29, 1.82) is 0 Å². The number of phenols is 1. The third-order valence-electron chi connectivity index (χ3n) is 3.36. The number of aromatic hydroxyl groups is 1. The summed E-state index contributed by atoms with van der Waals surface area (Å²) in [7, 11) is 0. The molecule has 1 atom stereocenters. The second-order valence-electron chi connectivity index (χ2n) is 4.98. The second-order valence-corrected chi connectivity index (χ2v) is 4.98. The lowest BCUT2D eigenvalue weighted by Gasteiger charge is -2.11. The van der Waals surface area contributed by atoms with E-state index < -0.39 is 23.5 Å². The number of fused-ring (bicyclic) bond motifs is 1. The Labute approximate surface area is 125 Å². The third kappa shape index (κ3) is 3.08. The van der Waals surface area contributed by atoms with Crippen molar-refractivity contribution in [3.05, 3.63) is 39.7 Å². The highest BCUT2D eigenvalue weighted by atomic mass is 16.4. The number of hydrogen-bond acceptors (Lipinski definition) is 5. The van der Waals surface area contributed by atoms with Crippen LogP contribution in [0.1, 0.15) is 18.1 Å². The molecule has 22 heavy (non-hydrogen) atoms. The van der Waals surface area contributed by atoms with Crippen LogP contribution in [0.2, 0.25) is 0 Å². The highest BCUT2D eigenvalue weighted by Crippen LogP contribution is 2.23. The first kappa shape index (κ1) is 15.6. The Morgan fingerprint density at radius 1 is 1.36 bits per heavy atom. The molecule has 0 fully saturated rings. The monoisotopic (exact) mass is 305 g/mol. The first-order valence-corrected chi connectivity index (χ1v) is 6.57. The average Bonchev–Trinajstić information content (AvgIpc) is 2.42. The molecule has 0 spiro atoms. The Bertz CT molecular complexity index is 808. The number of amides is 1. The van der Waals surface area contributed by atoms with Crippen LogP contribution in [-0.4, -0.2) is 28.1 Å². The van der Waals surface area contributed by atoms with Gasteiger partial charge in [-0.1, -0.05) is 0 Å². The number of aryl methyl sites for hydroxylation is 1. The first-order chi connectivity index (χ1) is 10.3. The fraction of sp³-hybridized carbons (Fsp3) is 0.267. The molecule has 7 heteroatoms. The van der Waals surface area contributed by atoms with Crippen molar-refractivity contribution < 1.29 is 24.2 Å². The molecule has 2 rings (SSSR count). The molecular weight excluding hydrogens is 290 g/mol. The van der Waals surface area contributed by atoms with Gasteiger partial charge in [0, 0.05) is 11.5 Å². The van der Waals surface area contributed by atoms with Gasteiger partial charge in [-0.25, -0.2) is 4.79 Å². The second kappa shape index (κ2) is 5.88. The highest BCUT2D eigenvalue weighted by molar-refractivity contribution is 5.87. The Balaban J connectivity index is 2.36. The maximum atomic E-state index is 12.0. The number of hydrogen-bond donors (Lipinski definition) is 3. The summed E-state index contributed by atoms with van der Waals surface area (Å²) in [6, 6.07) is 3.31. The van der Waals surface area contributed by atoms with E-state index in [2.05, 4.69) is 5.32 Å². The van der Waals surface area contributed by atoms with E-state index in [9.17, 15) is 19.5 Å². The number of carbonyl (C=O) groups excluding carboxylic acids is 1. The van der Waals surface area contributed by atoms with Crippen LogP contribution >= 0.6 is 0 Å². The van der Waals surface area contributed by atoms with Crippen molar-refractivity contribution in [1.82, 2.24) is 5.32 Å². The Morgan fingerprint density at radius 2 is 2.05 bits per heavy atom. The third-order valence-corrected chi connectivity index (χ3v) is 3.36. The van der Waals surface area contributed by atoms with E-state index >= 15 is 0 Å². The number of phenolic OH excluding ortho intramolecular Hbond substituents is 1. The van der Waals surface area contributed by atoms with Crippen molar-refractivity contribution in [3.8, 4) is 5.75 Å². The minimum absolute atomic E-state index is 0.0316. The molecule has 0 unspecified atom stereocenters. The lowest BCUT2D eigenvalue weighted by Crippen LogP contribution is -2.39. The van der Waals surface area contributed by atoms with Crippen LogP contribution in [0.5, 0.6) is 5.75 Å². The fourth-order valence-corrected chi connectivity index (χ4v) is 2.10. The summed E-state index contributed by atoms with van der Waals surface area (Å²) in [6.07, 6.45) is -0.275. The van der Waals surface area contributed by atoms with Gasteiger partial charge in [0.25, 0.3) is 0 Å². The summed E-state index contributed by atoms with van der Waals surface area (Å²) >= 11 is 0. The van der Waals surface area contributed by atoms with Crippen LogP contribution in [-0.2, 0) is 16.0 Å². The van der Waals surface area contributed by atoms with Crippen molar-refractivity contribution in [2.24, 2.45) is 0 Å². The SMILES string of the molecule is Cc1c(CC(=O)N[C@H](C)C(=O)O)c(=O)oc2cc(O)ccc12. The Kier molecular flexibility index (Phi) is 4.16. The zero-order valence-electron chi connectivity index (χ0n) is 12.0. The number of nitrogens with one attached hydrogen (secondary N) is 1. The molecule has 1 aromatic carbocycles. The number of aliphatic carboxylic acids is 1. The summed E-state index contributed by atoms with van der Waals surface area (Å²) in [6.45, 7) is 3.00. The van der Waals surface area contributed by atoms with Crippen LogP contribution in [0.4, 0.5) is 0 Å². The standard InChI is InChI=1S/C15H15NO6/c1-7-10-4-3-9(17)5-12(10)22-15(21)11(7)6-13(18)16-8(2)14(19)20/h3-5,8,17H,6H2,1-2H3,(H,16,18)(H,19,20)/t8-/m1/s1. The molecule has 7 nitrogen and oxygen atoms in total. The van der Waals surface area contributed by atoms with Gasteiger partial charge in [-0.15, -0.1) is 0 Å². The Morgan fingerprint density at radius 3 is 2.68 bits per heavy atom. The van der Waals surface area contributed by atoms with Crippen molar-refractivity contribution in [2.75, 3.05) is 0 Å². The number of carboxylic acids is 1. The maximum absolute atomic E-state index is 12.0. The number of benzene rings is 1. The van der Waals surface area contributed by atoms with E-state index in [0.717, 1.165) is 0 Å². The van der Waals surface area contributed by atoms with Crippen molar-refractivity contribution in [3.63, 3.8) is 0 Å². The van der Waals surface area contributed by atoms with Gasteiger partial charge in [0.05, 0.1) is 12.0 Å². The molecule has 0 aliphatic carbocycles.